The molecule has 6 nitrogen and oxygen atoms in total. The van der Waals surface area contributed by atoms with Gasteiger partial charge in [-0.15, -0.1) is 0 Å². The summed E-state index contributed by atoms with van der Waals surface area (Å²) < 4.78 is 5.24. The van der Waals surface area contributed by atoms with Gasteiger partial charge in [0.15, 0.2) is 0 Å². The minimum Gasteiger partial charge on any atom is -0.480 e. The smallest absolute Gasteiger partial charge is 0.326 e. The largest absolute Gasteiger partial charge is 0.480 e. The minimum absolute atomic E-state index is 0.147. The first kappa shape index (κ1) is 15.1. The number of likely N-dealkylation sites (tertiary alicyclic amines) is 1. The number of urea groups is 1. The molecule has 20 heavy (non-hydrogen) atoms. The van der Waals surface area contributed by atoms with E-state index in [2.05, 4.69) is 0 Å². The van der Waals surface area contributed by atoms with E-state index in [0.717, 1.165) is 25.7 Å². The highest BCUT2D eigenvalue weighted by Gasteiger charge is 2.42. The molecule has 0 bridgehead atoms. The second-order valence-corrected chi connectivity index (χ2v) is 5.61. The maximum Gasteiger partial charge on any atom is 0.326 e. The van der Waals surface area contributed by atoms with Crippen molar-refractivity contribution >= 4 is 12.0 Å². The number of carbonyl (C=O) groups excluding carboxylic acids is 1. The van der Waals surface area contributed by atoms with Crippen molar-refractivity contribution in [1.29, 1.82) is 0 Å². The lowest BCUT2D eigenvalue weighted by atomic mass is 10.2. The van der Waals surface area contributed by atoms with Crippen LogP contribution in [0.2, 0.25) is 0 Å². The predicted octanol–water partition coefficient (Wildman–Crippen LogP) is 1.54. The van der Waals surface area contributed by atoms with E-state index in [1.165, 1.54) is 4.90 Å². The van der Waals surface area contributed by atoms with Gasteiger partial charge in [-0.05, 0) is 19.8 Å². The number of hydrogen-bond acceptors (Lipinski definition) is 3. The lowest BCUT2D eigenvalue weighted by Crippen LogP contribution is -2.51. The number of methoxy groups -OCH3 is 1. The number of ether oxygens (including phenoxy) is 1. The molecule has 0 aromatic heterocycles. The molecule has 2 atom stereocenters. The molecule has 0 aromatic carbocycles. The third kappa shape index (κ3) is 2.90. The maximum atomic E-state index is 12.7. The molecular weight excluding hydrogens is 260 g/mol. The van der Waals surface area contributed by atoms with Gasteiger partial charge in [0.1, 0.15) is 6.04 Å². The second kappa shape index (κ2) is 6.43. The predicted molar refractivity (Wildman–Crippen MR) is 73.6 cm³/mol. The van der Waals surface area contributed by atoms with E-state index < -0.39 is 12.0 Å². The van der Waals surface area contributed by atoms with Gasteiger partial charge in [0.2, 0.25) is 0 Å². The molecule has 114 valence electrons. The second-order valence-electron chi connectivity index (χ2n) is 5.61. The van der Waals surface area contributed by atoms with Crippen LogP contribution >= 0.6 is 0 Å². The number of aliphatic carboxylic acids is 1. The number of nitrogens with zero attached hydrogens (tertiary/aromatic N) is 2. The molecule has 6 heteroatoms. The van der Waals surface area contributed by atoms with Gasteiger partial charge in [0.25, 0.3) is 0 Å². The Bertz CT molecular complexity index is 368. The monoisotopic (exact) mass is 284 g/mol. The third-order valence-corrected chi connectivity index (χ3v) is 4.48. The molecule has 0 aromatic rings. The zero-order valence-electron chi connectivity index (χ0n) is 12.2. The van der Waals surface area contributed by atoms with E-state index in [-0.39, 0.29) is 18.2 Å². The zero-order valence-corrected chi connectivity index (χ0v) is 12.2. The summed E-state index contributed by atoms with van der Waals surface area (Å²) in [6, 6.07) is -0.641. The van der Waals surface area contributed by atoms with Crippen molar-refractivity contribution < 1.29 is 19.4 Å². The highest BCUT2D eigenvalue weighted by Crippen LogP contribution is 2.27. The van der Waals surface area contributed by atoms with E-state index in [1.807, 2.05) is 11.8 Å². The highest BCUT2D eigenvalue weighted by atomic mass is 16.5. The summed E-state index contributed by atoms with van der Waals surface area (Å²) in [6.07, 6.45) is 4.55. The first-order valence-corrected chi connectivity index (χ1v) is 7.41. The molecule has 1 saturated heterocycles. The summed E-state index contributed by atoms with van der Waals surface area (Å²) in [5.41, 5.74) is 0. The first-order valence-electron chi connectivity index (χ1n) is 7.41. The van der Waals surface area contributed by atoms with E-state index in [9.17, 15) is 14.7 Å². The van der Waals surface area contributed by atoms with Gasteiger partial charge in [0.05, 0.1) is 6.10 Å². The van der Waals surface area contributed by atoms with Crippen LogP contribution in [0.15, 0.2) is 0 Å². The Morgan fingerprint density at radius 3 is 2.50 bits per heavy atom. The van der Waals surface area contributed by atoms with Gasteiger partial charge < -0.3 is 19.6 Å². The van der Waals surface area contributed by atoms with Crippen LogP contribution in [-0.4, -0.2) is 65.3 Å². The average molecular weight is 284 g/mol. The first-order chi connectivity index (χ1) is 9.58. The fourth-order valence-corrected chi connectivity index (χ4v) is 3.34. The molecule has 2 amide bonds. The fraction of sp³-hybridized carbons (Fsp3) is 0.857. The summed E-state index contributed by atoms with van der Waals surface area (Å²) in [5, 5.41) is 9.30. The minimum atomic E-state index is -0.944. The molecule has 2 aliphatic rings. The van der Waals surface area contributed by atoms with E-state index >= 15 is 0 Å². The van der Waals surface area contributed by atoms with Crippen molar-refractivity contribution in [2.75, 3.05) is 20.2 Å². The number of carboxylic acids is 1. The van der Waals surface area contributed by atoms with Crippen molar-refractivity contribution in [3.05, 3.63) is 0 Å². The topological polar surface area (TPSA) is 70.1 Å². The quantitative estimate of drug-likeness (QED) is 0.850. The molecular formula is C14H24N2O4. The van der Waals surface area contributed by atoms with Crippen LogP contribution in [0.5, 0.6) is 0 Å². The SMILES string of the molecule is CCN(C(=O)N1CC(OC)CC1C(=O)O)C1CCCC1. The van der Waals surface area contributed by atoms with Crippen LogP contribution in [0.4, 0.5) is 4.79 Å². The summed E-state index contributed by atoms with van der Waals surface area (Å²) in [6.45, 7) is 2.95. The van der Waals surface area contributed by atoms with Crippen LogP contribution in [-0.2, 0) is 9.53 Å². The summed E-state index contributed by atoms with van der Waals surface area (Å²) >= 11 is 0. The molecule has 2 fully saturated rings. The summed E-state index contributed by atoms with van der Waals surface area (Å²) in [4.78, 5) is 27.3. The van der Waals surface area contributed by atoms with Crippen molar-refractivity contribution in [2.45, 2.75) is 57.2 Å². The third-order valence-electron chi connectivity index (χ3n) is 4.48. The highest BCUT2D eigenvalue weighted by molar-refractivity contribution is 5.83. The Labute approximate surface area is 119 Å². The van der Waals surface area contributed by atoms with E-state index in [1.54, 1.807) is 7.11 Å². The summed E-state index contributed by atoms with van der Waals surface area (Å²) in [5.74, 6) is -0.944. The van der Waals surface area contributed by atoms with Gasteiger partial charge in [-0.2, -0.15) is 0 Å². The Morgan fingerprint density at radius 1 is 1.35 bits per heavy atom. The van der Waals surface area contributed by atoms with Crippen molar-refractivity contribution in [2.24, 2.45) is 0 Å². The van der Waals surface area contributed by atoms with Crippen LogP contribution < -0.4 is 0 Å². The average Bonchev–Trinajstić information content (AvgIpc) is 3.08. The maximum absolute atomic E-state index is 12.7. The van der Waals surface area contributed by atoms with Crippen molar-refractivity contribution in [3.63, 3.8) is 0 Å². The number of carbonyl (C=O) groups is 2. The standard InChI is InChI=1S/C14H24N2O4/c1-3-15(10-6-4-5-7-10)14(19)16-9-11(20-2)8-12(16)13(17)18/h10-12H,3-9H2,1-2H3,(H,17,18). The van der Waals surface area contributed by atoms with Crippen molar-refractivity contribution in [1.82, 2.24) is 9.80 Å². The Hall–Kier alpha value is -1.30. The van der Waals surface area contributed by atoms with Gasteiger partial charge in [-0.25, -0.2) is 9.59 Å². The molecule has 2 rings (SSSR count). The normalized spacial score (nSPS) is 27.0. The lowest BCUT2D eigenvalue weighted by molar-refractivity contribution is -0.141. The van der Waals surface area contributed by atoms with Crippen LogP contribution in [0.1, 0.15) is 39.0 Å². The van der Waals surface area contributed by atoms with Gasteiger partial charge in [-0.1, -0.05) is 12.8 Å². The summed E-state index contributed by atoms with van der Waals surface area (Å²) in [7, 11) is 1.56. The van der Waals surface area contributed by atoms with Gasteiger partial charge in [0, 0.05) is 32.7 Å². The van der Waals surface area contributed by atoms with Crippen LogP contribution in [0.25, 0.3) is 0 Å². The molecule has 1 saturated carbocycles. The number of rotatable bonds is 4. The molecule has 1 aliphatic heterocycles. The van der Waals surface area contributed by atoms with Gasteiger partial charge >= 0.3 is 12.0 Å². The molecule has 1 heterocycles. The van der Waals surface area contributed by atoms with Crippen LogP contribution in [0, 0.1) is 0 Å². The molecule has 1 aliphatic carbocycles. The molecule has 1 N–H and O–H groups in total. The Morgan fingerprint density at radius 2 is 2.00 bits per heavy atom. The lowest BCUT2D eigenvalue weighted by Gasteiger charge is -2.33. The molecule has 0 spiro atoms. The Kier molecular flexibility index (Phi) is 4.86. The van der Waals surface area contributed by atoms with E-state index in [0.29, 0.717) is 19.5 Å². The molecule has 0 radical (unpaired) electrons. The van der Waals surface area contributed by atoms with E-state index in [4.69, 9.17) is 4.74 Å². The van der Waals surface area contributed by atoms with Crippen molar-refractivity contribution in [3.8, 4) is 0 Å². The van der Waals surface area contributed by atoms with Crippen LogP contribution in [0.3, 0.4) is 0 Å². The number of carboxylic acid groups (broad SMARTS) is 1. The van der Waals surface area contributed by atoms with Gasteiger partial charge in [-0.3, -0.25) is 0 Å². The number of amides is 2. The number of hydrogen-bond donors (Lipinski definition) is 1. The molecule has 2 unspecified atom stereocenters. The fourth-order valence-electron chi connectivity index (χ4n) is 3.34. The zero-order chi connectivity index (χ0) is 14.7. The Balaban J connectivity index is 2.10.